The zero-order valence-electron chi connectivity index (χ0n) is 13.7. The minimum atomic E-state index is -0.828. The number of carbonyl (C=O) groups excluding carboxylic acids is 2. The van der Waals surface area contributed by atoms with Gasteiger partial charge in [-0.05, 0) is 37.8 Å². The number of aliphatic carboxylic acids is 1. The summed E-state index contributed by atoms with van der Waals surface area (Å²) in [6.07, 6.45) is 3.07. The van der Waals surface area contributed by atoms with Gasteiger partial charge in [0.2, 0.25) is 5.91 Å². The van der Waals surface area contributed by atoms with Gasteiger partial charge in [-0.1, -0.05) is 18.2 Å². The Hall–Kier alpha value is -2.37. The number of rotatable bonds is 7. The molecule has 0 atom stereocenters. The monoisotopic (exact) mass is 332 g/mol. The lowest BCUT2D eigenvalue weighted by Crippen LogP contribution is -2.46. The van der Waals surface area contributed by atoms with Crippen molar-refractivity contribution in [1.82, 2.24) is 10.2 Å². The van der Waals surface area contributed by atoms with Crippen LogP contribution in [0.5, 0.6) is 0 Å². The lowest BCUT2D eigenvalue weighted by Gasteiger charge is -2.32. The van der Waals surface area contributed by atoms with Crippen LogP contribution in [0.25, 0.3) is 0 Å². The fourth-order valence-electron chi connectivity index (χ4n) is 2.85. The molecule has 0 saturated carbocycles. The third-order valence-corrected chi connectivity index (χ3v) is 4.21. The van der Waals surface area contributed by atoms with Crippen molar-refractivity contribution in [3.63, 3.8) is 0 Å². The van der Waals surface area contributed by atoms with Gasteiger partial charge in [0.1, 0.15) is 0 Å². The molecule has 1 aliphatic heterocycles. The van der Waals surface area contributed by atoms with Gasteiger partial charge in [0, 0.05) is 37.5 Å². The van der Waals surface area contributed by atoms with Crippen LogP contribution in [0.15, 0.2) is 30.3 Å². The van der Waals surface area contributed by atoms with Gasteiger partial charge in [-0.25, -0.2) is 0 Å². The summed E-state index contributed by atoms with van der Waals surface area (Å²) >= 11 is 0. The molecule has 0 radical (unpaired) electrons. The summed E-state index contributed by atoms with van der Waals surface area (Å²) in [6, 6.07) is 9.31. The molecule has 1 aliphatic rings. The van der Waals surface area contributed by atoms with E-state index in [4.69, 9.17) is 5.11 Å². The molecule has 0 aromatic heterocycles. The predicted molar refractivity (Wildman–Crippen MR) is 89.6 cm³/mol. The van der Waals surface area contributed by atoms with Crippen LogP contribution in [0.3, 0.4) is 0 Å². The Kier molecular flexibility index (Phi) is 6.78. The number of piperidine rings is 1. The molecule has 0 spiro atoms. The van der Waals surface area contributed by atoms with E-state index in [0.717, 1.165) is 12.8 Å². The van der Waals surface area contributed by atoms with E-state index >= 15 is 0 Å². The van der Waals surface area contributed by atoms with Crippen LogP contribution in [-0.4, -0.2) is 46.9 Å². The Morgan fingerprint density at radius 2 is 1.67 bits per heavy atom. The molecule has 24 heavy (non-hydrogen) atoms. The molecule has 0 bridgehead atoms. The maximum absolute atomic E-state index is 12.3. The standard InChI is InChI=1S/C18H24N2O4/c21-16(8-4-5-9-17(22)23)19-15-10-12-20(13-11-15)18(24)14-6-2-1-3-7-14/h1-3,6-7,15H,4-5,8-13H2,(H,19,21)(H,22,23). The highest BCUT2D eigenvalue weighted by atomic mass is 16.4. The van der Waals surface area contributed by atoms with Crippen LogP contribution in [0, 0.1) is 0 Å². The first-order chi connectivity index (χ1) is 11.6. The van der Waals surface area contributed by atoms with Gasteiger partial charge in [0.25, 0.3) is 5.91 Å². The summed E-state index contributed by atoms with van der Waals surface area (Å²) in [6.45, 7) is 1.27. The molecule has 0 aliphatic carbocycles. The molecule has 1 fully saturated rings. The summed E-state index contributed by atoms with van der Waals surface area (Å²) in [7, 11) is 0. The number of benzene rings is 1. The first-order valence-corrected chi connectivity index (χ1v) is 8.42. The van der Waals surface area contributed by atoms with Gasteiger partial charge in [0.05, 0.1) is 0 Å². The summed E-state index contributed by atoms with van der Waals surface area (Å²) in [5, 5.41) is 11.5. The second kappa shape index (κ2) is 9.05. The summed E-state index contributed by atoms with van der Waals surface area (Å²) < 4.78 is 0. The summed E-state index contributed by atoms with van der Waals surface area (Å²) in [4.78, 5) is 36.4. The van der Waals surface area contributed by atoms with Crippen LogP contribution in [0.1, 0.15) is 48.9 Å². The van der Waals surface area contributed by atoms with E-state index in [1.54, 1.807) is 0 Å². The number of likely N-dealkylation sites (tertiary alicyclic amines) is 1. The molecule has 2 amide bonds. The van der Waals surface area contributed by atoms with Gasteiger partial charge in [-0.2, -0.15) is 0 Å². The molecule has 1 aromatic carbocycles. The molecule has 0 unspecified atom stereocenters. The number of hydrogen-bond acceptors (Lipinski definition) is 3. The molecule has 6 nitrogen and oxygen atoms in total. The van der Waals surface area contributed by atoms with E-state index in [-0.39, 0.29) is 24.3 Å². The number of carboxylic acids is 1. The van der Waals surface area contributed by atoms with Crippen LogP contribution >= 0.6 is 0 Å². The Labute approximate surface area is 141 Å². The van der Waals surface area contributed by atoms with Crippen LogP contribution in [0.2, 0.25) is 0 Å². The highest BCUT2D eigenvalue weighted by Gasteiger charge is 2.24. The van der Waals surface area contributed by atoms with Crippen molar-refractivity contribution in [1.29, 1.82) is 0 Å². The Balaban J connectivity index is 1.68. The van der Waals surface area contributed by atoms with Crippen molar-refractivity contribution in [2.24, 2.45) is 0 Å². The van der Waals surface area contributed by atoms with E-state index in [9.17, 15) is 14.4 Å². The normalized spacial score (nSPS) is 15.1. The van der Waals surface area contributed by atoms with E-state index in [1.807, 2.05) is 35.2 Å². The van der Waals surface area contributed by atoms with E-state index in [1.165, 1.54) is 0 Å². The Bertz CT molecular complexity index is 566. The van der Waals surface area contributed by atoms with Crippen molar-refractivity contribution >= 4 is 17.8 Å². The highest BCUT2D eigenvalue weighted by Crippen LogP contribution is 2.14. The second-order valence-corrected chi connectivity index (χ2v) is 6.10. The topological polar surface area (TPSA) is 86.7 Å². The van der Waals surface area contributed by atoms with Crippen LogP contribution < -0.4 is 5.32 Å². The van der Waals surface area contributed by atoms with Crippen molar-refractivity contribution < 1.29 is 19.5 Å². The molecule has 2 N–H and O–H groups in total. The molecular formula is C18H24N2O4. The number of unbranched alkanes of at least 4 members (excludes halogenated alkanes) is 1. The molecule has 1 heterocycles. The van der Waals surface area contributed by atoms with Crippen molar-refractivity contribution in [3.8, 4) is 0 Å². The minimum Gasteiger partial charge on any atom is -0.481 e. The third-order valence-electron chi connectivity index (χ3n) is 4.21. The minimum absolute atomic E-state index is 0.0341. The quantitative estimate of drug-likeness (QED) is 0.748. The van der Waals surface area contributed by atoms with Crippen molar-refractivity contribution in [2.45, 2.75) is 44.6 Å². The molecular weight excluding hydrogens is 308 g/mol. The van der Waals surface area contributed by atoms with E-state index < -0.39 is 5.97 Å². The van der Waals surface area contributed by atoms with Crippen LogP contribution in [-0.2, 0) is 9.59 Å². The number of carbonyl (C=O) groups is 3. The lowest BCUT2D eigenvalue weighted by atomic mass is 10.0. The van der Waals surface area contributed by atoms with Crippen molar-refractivity contribution in [3.05, 3.63) is 35.9 Å². The molecule has 6 heteroatoms. The Morgan fingerprint density at radius 3 is 2.29 bits per heavy atom. The molecule has 1 aromatic rings. The van der Waals surface area contributed by atoms with Gasteiger partial charge >= 0.3 is 5.97 Å². The smallest absolute Gasteiger partial charge is 0.303 e. The first kappa shape index (κ1) is 18.0. The lowest BCUT2D eigenvalue weighted by molar-refractivity contribution is -0.137. The molecule has 1 saturated heterocycles. The second-order valence-electron chi connectivity index (χ2n) is 6.10. The number of nitrogens with zero attached hydrogens (tertiary/aromatic N) is 1. The number of hydrogen-bond donors (Lipinski definition) is 2. The summed E-state index contributed by atoms with van der Waals surface area (Å²) in [5.41, 5.74) is 0.693. The van der Waals surface area contributed by atoms with Gasteiger partial charge in [0.15, 0.2) is 0 Å². The number of nitrogens with one attached hydrogen (secondary N) is 1. The average Bonchev–Trinajstić information content (AvgIpc) is 2.59. The maximum Gasteiger partial charge on any atom is 0.303 e. The number of carboxylic acid groups (broad SMARTS) is 1. The van der Waals surface area contributed by atoms with E-state index in [0.29, 0.717) is 37.9 Å². The third kappa shape index (κ3) is 5.68. The largest absolute Gasteiger partial charge is 0.481 e. The maximum atomic E-state index is 12.3. The fourth-order valence-corrected chi connectivity index (χ4v) is 2.85. The number of amides is 2. The van der Waals surface area contributed by atoms with Crippen LogP contribution in [0.4, 0.5) is 0 Å². The first-order valence-electron chi connectivity index (χ1n) is 8.42. The van der Waals surface area contributed by atoms with Gasteiger partial charge in [-0.15, -0.1) is 0 Å². The van der Waals surface area contributed by atoms with Crippen molar-refractivity contribution in [2.75, 3.05) is 13.1 Å². The molecule has 130 valence electrons. The average molecular weight is 332 g/mol. The van der Waals surface area contributed by atoms with Gasteiger partial charge < -0.3 is 15.3 Å². The SMILES string of the molecule is O=C(O)CCCCC(=O)NC1CCN(C(=O)c2ccccc2)CC1. The molecule has 2 rings (SSSR count). The Morgan fingerprint density at radius 1 is 1.04 bits per heavy atom. The summed E-state index contributed by atoms with van der Waals surface area (Å²) in [5.74, 6) is -0.826. The fraction of sp³-hybridized carbons (Fsp3) is 0.500. The van der Waals surface area contributed by atoms with Gasteiger partial charge in [-0.3, -0.25) is 14.4 Å². The predicted octanol–water partition coefficient (Wildman–Crippen LogP) is 2.05. The van der Waals surface area contributed by atoms with E-state index in [2.05, 4.69) is 5.32 Å². The zero-order valence-corrected chi connectivity index (χ0v) is 13.7. The zero-order chi connectivity index (χ0) is 17.4. The highest BCUT2D eigenvalue weighted by molar-refractivity contribution is 5.94.